The van der Waals surface area contributed by atoms with Crippen LogP contribution in [0.25, 0.3) is 0 Å². The van der Waals surface area contributed by atoms with Crippen LogP contribution in [0.1, 0.15) is 18.3 Å². The predicted molar refractivity (Wildman–Crippen MR) is 109 cm³/mol. The number of imidazole rings is 1. The number of benzene rings is 2. The number of carbonyl (C=O) groups is 1. The Kier molecular flexibility index (Phi) is 6.21. The molecule has 2 aromatic carbocycles. The van der Waals surface area contributed by atoms with Crippen molar-refractivity contribution in [3.05, 3.63) is 71.3 Å². The molecule has 0 radical (unpaired) electrons. The molecule has 146 valence electrons. The molecule has 0 aliphatic rings. The van der Waals surface area contributed by atoms with Gasteiger partial charge in [0.1, 0.15) is 23.9 Å². The summed E-state index contributed by atoms with van der Waals surface area (Å²) >= 11 is 6.01. The van der Waals surface area contributed by atoms with E-state index in [2.05, 4.69) is 10.3 Å². The Balaban J connectivity index is 1.53. The van der Waals surface area contributed by atoms with Gasteiger partial charge in [-0.05, 0) is 61.9 Å². The minimum absolute atomic E-state index is 0.241. The van der Waals surface area contributed by atoms with Gasteiger partial charge in [0.15, 0.2) is 6.10 Å². The Morgan fingerprint density at radius 2 is 1.93 bits per heavy atom. The van der Waals surface area contributed by atoms with Gasteiger partial charge in [-0.3, -0.25) is 4.79 Å². The molecule has 28 heavy (non-hydrogen) atoms. The van der Waals surface area contributed by atoms with Crippen LogP contribution in [0.4, 0.5) is 5.69 Å². The fraction of sp³-hybridized carbons (Fsp3) is 0.238. The molecular weight excluding hydrogens is 378 g/mol. The Bertz CT molecular complexity index is 954. The zero-order valence-corrected chi connectivity index (χ0v) is 16.7. The summed E-state index contributed by atoms with van der Waals surface area (Å²) in [6, 6.07) is 12.5. The number of aryl methyl sites for hydroxylation is 2. The van der Waals surface area contributed by atoms with Crippen LogP contribution in [-0.4, -0.2) is 21.6 Å². The molecule has 0 aliphatic heterocycles. The van der Waals surface area contributed by atoms with E-state index in [0.29, 0.717) is 28.8 Å². The summed E-state index contributed by atoms with van der Waals surface area (Å²) in [5.41, 5.74) is 1.56. The lowest BCUT2D eigenvalue weighted by Gasteiger charge is -2.15. The van der Waals surface area contributed by atoms with Crippen molar-refractivity contribution in [3.63, 3.8) is 0 Å². The number of rotatable bonds is 7. The fourth-order valence-electron chi connectivity index (χ4n) is 2.51. The number of ether oxygens (including phenoxy) is 2. The third-order valence-corrected chi connectivity index (χ3v) is 4.65. The van der Waals surface area contributed by atoms with Crippen LogP contribution in [0, 0.1) is 6.92 Å². The Hall–Kier alpha value is -2.99. The van der Waals surface area contributed by atoms with Crippen molar-refractivity contribution in [2.75, 3.05) is 5.32 Å². The van der Waals surface area contributed by atoms with Gasteiger partial charge in [-0.1, -0.05) is 11.6 Å². The van der Waals surface area contributed by atoms with Gasteiger partial charge in [0, 0.05) is 30.2 Å². The van der Waals surface area contributed by atoms with E-state index in [1.54, 1.807) is 55.6 Å². The first-order valence-electron chi connectivity index (χ1n) is 8.85. The molecule has 1 N–H and O–H groups in total. The van der Waals surface area contributed by atoms with Crippen molar-refractivity contribution in [2.45, 2.75) is 26.6 Å². The van der Waals surface area contributed by atoms with Crippen LogP contribution in [0.5, 0.6) is 11.5 Å². The highest BCUT2D eigenvalue weighted by molar-refractivity contribution is 6.31. The van der Waals surface area contributed by atoms with E-state index in [1.807, 2.05) is 24.7 Å². The highest BCUT2D eigenvalue weighted by atomic mass is 35.5. The summed E-state index contributed by atoms with van der Waals surface area (Å²) < 4.78 is 13.3. The summed E-state index contributed by atoms with van der Waals surface area (Å²) in [5, 5.41) is 3.49. The third-order valence-electron chi connectivity index (χ3n) is 4.22. The van der Waals surface area contributed by atoms with Gasteiger partial charge >= 0.3 is 0 Å². The molecule has 0 aliphatic carbocycles. The number of carbonyl (C=O) groups excluding carboxylic acids is 1. The lowest BCUT2D eigenvalue weighted by atomic mass is 10.2. The maximum atomic E-state index is 12.4. The van der Waals surface area contributed by atoms with Crippen molar-refractivity contribution in [3.8, 4) is 11.5 Å². The van der Waals surface area contributed by atoms with E-state index >= 15 is 0 Å². The average molecular weight is 400 g/mol. The molecule has 0 spiro atoms. The molecule has 1 aromatic heterocycles. The van der Waals surface area contributed by atoms with Crippen LogP contribution < -0.4 is 14.8 Å². The minimum Gasteiger partial charge on any atom is -0.486 e. The summed E-state index contributed by atoms with van der Waals surface area (Å²) in [6.07, 6.45) is 2.94. The number of amides is 1. The molecule has 1 amide bonds. The second-order valence-corrected chi connectivity index (χ2v) is 6.83. The van der Waals surface area contributed by atoms with Crippen LogP contribution in [0.15, 0.2) is 54.9 Å². The second kappa shape index (κ2) is 8.80. The van der Waals surface area contributed by atoms with Gasteiger partial charge in [-0.15, -0.1) is 0 Å². The first-order chi connectivity index (χ1) is 13.4. The monoisotopic (exact) mass is 399 g/mol. The van der Waals surface area contributed by atoms with Gasteiger partial charge in [0.2, 0.25) is 0 Å². The van der Waals surface area contributed by atoms with Crippen molar-refractivity contribution in [1.82, 2.24) is 9.55 Å². The molecular formula is C21H22ClN3O3. The summed E-state index contributed by atoms with van der Waals surface area (Å²) in [5.74, 6) is 1.89. The van der Waals surface area contributed by atoms with Gasteiger partial charge in [-0.2, -0.15) is 0 Å². The Labute approximate surface area is 169 Å². The molecule has 1 heterocycles. The van der Waals surface area contributed by atoms with Crippen molar-refractivity contribution < 1.29 is 14.3 Å². The highest BCUT2D eigenvalue weighted by Gasteiger charge is 2.15. The summed E-state index contributed by atoms with van der Waals surface area (Å²) in [7, 11) is 1.92. The quantitative estimate of drug-likeness (QED) is 0.640. The summed E-state index contributed by atoms with van der Waals surface area (Å²) in [6.45, 7) is 3.96. The molecule has 3 rings (SSSR count). The second-order valence-electron chi connectivity index (χ2n) is 6.43. The van der Waals surface area contributed by atoms with E-state index in [-0.39, 0.29) is 5.91 Å². The van der Waals surface area contributed by atoms with Crippen LogP contribution in [-0.2, 0) is 18.4 Å². The molecule has 0 bridgehead atoms. The molecule has 1 unspecified atom stereocenters. The van der Waals surface area contributed by atoms with E-state index in [9.17, 15) is 4.79 Å². The number of nitrogens with one attached hydrogen (secondary N) is 1. The Morgan fingerprint density at radius 1 is 1.21 bits per heavy atom. The van der Waals surface area contributed by atoms with Crippen molar-refractivity contribution >= 4 is 23.2 Å². The number of anilines is 1. The van der Waals surface area contributed by atoms with Crippen molar-refractivity contribution in [2.24, 2.45) is 7.05 Å². The molecule has 3 aromatic rings. The SMILES string of the molecule is Cc1cc(OC(C)C(=O)Nc2ccc(OCc3nccn3C)cc2)ccc1Cl. The fourth-order valence-corrected chi connectivity index (χ4v) is 2.63. The average Bonchev–Trinajstić information content (AvgIpc) is 3.09. The van der Waals surface area contributed by atoms with Crippen LogP contribution >= 0.6 is 11.6 Å². The lowest BCUT2D eigenvalue weighted by molar-refractivity contribution is -0.122. The third kappa shape index (κ3) is 5.04. The topological polar surface area (TPSA) is 65.4 Å². The van der Waals surface area contributed by atoms with Crippen molar-refractivity contribution in [1.29, 1.82) is 0 Å². The van der Waals surface area contributed by atoms with Gasteiger partial charge in [0.25, 0.3) is 5.91 Å². The molecule has 0 fully saturated rings. The maximum Gasteiger partial charge on any atom is 0.265 e. The minimum atomic E-state index is -0.653. The van der Waals surface area contributed by atoms with E-state index < -0.39 is 6.10 Å². The smallest absolute Gasteiger partial charge is 0.265 e. The number of hydrogen-bond acceptors (Lipinski definition) is 4. The first-order valence-corrected chi connectivity index (χ1v) is 9.23. The predicted octanol–water partition coefficient (Wildman–Crippen LogP) is 4.37. The largest absolute Gasteiger partial charge is 0.486 e. The first kappa shape index (κ1) is 19.8. The molecule has 1 atom stereocenters. The van der Waals surface area contributed by atoms with E-state index in [4.69, 9.17) is 21.1 Å². The molecule has 0 saturated carbocycles. The van der Waals surface area contributed by atoms with E-state index in [1.165, 1.54) is 0 Å². The number of aromatic nitrogens is 2. The number of halogens is 1. The summed E-state index contributed by atoms with van der Waals surface area (Å²) in [4.78, 5) is 16.6. The van der Waals surface area contributed by atoms with E-state index in [0.717, 1.165) is 11.4 Å². The zero-order valence-electron chi connectivity index (χ0n) is 16.0. The van der Waals surface area contributed by atoms with Crippen LogP contribution in [0.2, 0.25) is 5.02 Å². The van der Waals surface area contributed by atoms with Gasteiger partial charge in [0.05, 0.1) is 0 Å². The standard InChI is InChI=1S/C21H22ClN3O3/c1-14-12-18(8-9-19(14)22)28-15(2)21(26)24-16-4-6-17(7-5-16)27-13-20-23-10-11-25(20)3/h4-12,15H,13H2,1-3H3,(H,24,26). The maximum absolute atomic E-state index is 12.4. The number of nitrogens with zero attached hydrogens (tertiary/aromatic N) is 2. The molecule has 0 saturated heterocycles. The molecule has 6 nitrogen and oxygen atoms in total. The highest BCUT2D eigenvalue weighted by Crippen LogP contribution is 2.22. The van der Waals surface area contributed by atoms with Gasteiger partial charge in [-0.25, -0.2) is 4.98 Å². The normalized spacial score (nSPS) is 11.7. The Morgan fingerprint density at radius 3 is 2.57 bits per heavy atom. The molecule has 7 heteroatoms. The van der Waals surface area contributed by atoms with Gasteiger partial charge < -0.3 is 19.4 Å². The lowest BCUT2D eigenvalue weighted by Crippen LogP contribution is -2.30. The zero-order chi connectivity index (χ0) is 20.1. The number of hydrogen-bond donors (Lipinski definition) is 1. The van der Waals surface area contributed by atoms with Crippen LogP contribution in [0.3, 0.4) is 0 Å².